The number of benzene rings is 1. The SMILES string of the molecule is COc1ccc(Sc2nc(N)nc3c2ncn3CC2(OOP(C)(=O)O)C(CC(F)(F)F)C2(C)CC(F)(F)F)cc1. The van der Waals surface area contributed by atoms with Crippen molar-refractivity contribution in [2.45, 2.75) is 54.2 Å². The normalized spacial score (nSPS) is 24.7. The molecule has 0 aliphatic heterocycles. The maximum atomic E-state index is 13.6. The summed E-state index contributed by atoms with van der Waals surface area (Å²) in [4.78, 5) is 27.8. The number of fused-ring (bicyclic) bond motifs is 1. The maximum absolute atomic E-state index is 13.6. The highest BCUT2D eigenvalue weighted by Crippen LogP contribution is 2.72. The molecule has 3 aromatic rings. The average molecular weight is 615 g/mol. The molecule has 2 aromatic heterocycles. The lowest BCUT2D eigenvalue weighted by Gasteiger charge is -2.24. The second-order valence-corrected chi connectivity index (χ2v) is 12.5. The Hall–Kier alpha value is -2.59. The number of nitrogens with two attached hydrogens (primary N) is 1. The fourth-order valence-corrected chi connectivity index (χ4v) is 6.02. The van der Waals surface area contributed by atoms with Crippen molar-refractivity contribution in [1.82, 2.24) is 19.5 Å². The fraction of sp³-hybridized carbons (Fsp3) is 0.500. The number of ether oxygens (including phenoxy) is 1. The van der Waals surface area contributed by atoms with Crippen LogP contribution in [0.5, 0.6) is 5.75 Å². The molecule has 0 spiro atoms. The first-order chi connectivity index (χ1) is 18.4. The number of halogens is 6. The zero-order chi connectivity index (χ0) is 29.7. The van der Waals surface area contributed by atoms with Gasteiger partial charge in [0.15, 0.2) is 5.65 Å². The summed E-state index contributed by atoms with van der Waals surface area (Å²) in [5, 5.41) is 0.270. The largest absolute Gasteiger partial charge is 0.497 e. The Morgan fingerprint density at radius 3 is 2.35 bits per heavy atom. The highest BCUT2D eigenvalue weighted by molar-refractivity contribution is 7.99. The van der Waals surface area contributed by atoms with Crippen LogP contribution in [0, 0.1) is 11.3 Å². The molecule has 18 heteroatoms. The van der Waals surface area contributed by atoms with Gasteiger partial charge in [-0.3, -0.25) is 4.57 Å². The van der Waals surface area contributed by atoms with Crippen LogP contribution in [0.2, 0.25) is 0 Å². The Kier molecular flexibility index (Phi) is 7.86. The molecular formula is C22H24F6N5O5PS. The van der Waals surface area contributed by atoms with Crippen molar-refractivity contribution in [2.24, 2.45) is 11.3 Å². The number of anilines is 1. The monoisotopic (exact) mass is 615 g/mol. The molecule has 220 valence electrons. The molecule has 0 saturated heterocycles. The topological polar surface area (TPSA) is 135 Å². The van der Waals surface area contributed by atoms with Gasteiger partial charge < -0.3 is 19.9 Å². The van der Waals surface area contributed by atoms with Crippen LogP contribution in [0.15, 0.2) is 40.5 Å². The second kappa shape index (κ2) is 10.4. The summed E-state index contributed by atoms with van der Waals surface area (Å²) in [5.41, 5.74) is 1.52. The van der Waals surface area contributed by atoms with E-state index in [0.29, 0.717) is 17.3 Å². The molecule has 3 N–H and O–H groups in total. The highest BCUT2D eigenvalue weighted by Gasteiger charge is 2.80. The molecule has 4 rings (SSSR count). The van der Waals surface area contributed by atoms with Crippen LogP contribution in [0.25, 0.3) is 11.2 Å². The number of alkyl halides is 6. The van der Waals surface area contributed by atoms with E-state index >= 15 is 0 Å². The van der Waals surface area contributed by atoms with Crippen molar-refractivity contribution in [3.05, 3.63) is 30.6 Å². The summed E-state index contributed by atoms with van der Waals surface area (Å²) in [6.07, 6.45) is -12.0. The van der Waals surface area contributed by atoms with Crippen molar-refractivity contribution in [1.29, 1.82) is 0 Å². The Morgan fingerprint density at radius 2 is 1.80 bits per heavy atom. The first-order valence-electron chi connectivity index (χ1n) is 11.5. The number of hydrogen-bond donors (Lipinski definition) is 2. The summed E-state index contributed by atoms with van der Waals surface area (Å²) in [7, 11) is -2.97. The number of rotatable bonds is 10. The number of nitrogen functional groups attached to an aromatic ring is 1. The molecular weight excluding hydrogens is 591 g/mol. The van der Waals surface area contributed by atoms with Crippen LogP contribution in [-0.4, -0.2) is 56.1 Å². The molecule has 10 nitrogen and oxygen atoms in total. The van der Waals surface area contributed by atoms with Gasteiger partial charge in [0.2, 0.25) is 5.95 Å². The molecule has 4 unspecified atom stereocenters. The number of imidazole rings is 1. The molecule has 0 bridgehead atoms. The molecule has 2 heterocycles. The van der Waals surface area contributed by atoms with Gasteiger partial charge in [0.05, 0.1) is 26.4 Å². The van der Waals surface area contributed by atoms with Gasteiger partial charge in [0.25, 0.3) is 0 Å². The van der Waals surface area contributed by atoms with Crippen molar-refractivity contribution in [3.8, 4) is 5.75 Å². The zero-order valence-electron chi connectivity index (χ0n) is 21.2. The van der Waals surface area contributed by atoms with E-state index in [4.69, 9.17) is 15.4 Å². The van der Waals surface area contributed by atoms with Gasteiger partial charge >= 0.3 is 19.9 Å². The highest BCUT2D eigenvalue weighted by atomic mass is 32.2. The van der Waals surface area contributed by atoms with Crippen LogP contribution in [0.3, 0.4) is 0 Å². The minimum atomic E-state index is -4.88. The van der Waals surface area contributed by atoms with Crippen LogP contribution in [0.1, 0.15) is 19.8 Å². The van der Waals surface area contributed by atoms with Gasteiger partial charge in [-0.15, -0.1) is 4.67 Å². The van der Waals surface area contributed by atoms with Gasteiger partial charge in [-0.1, -0.05) is 18.7 Å². The fourth-order valence-electron chi connectivity index (χ4n) is 4.87. The lowest BCUT2D eigenvalue weighted by atomic mass is 9.97. The van der Waals surface area contributed by atoms with Crippen molar-refractivity contribution >= 4 is 36.5 Å². The second-order valence-electron chi connectivity index (χ2n) is 9.64. The van der Waals surface area contributed by atoms with E-state index in [0.717, 1.165) is 29.6 Å². The molecule has 0 radical (unpaired) electrons. The number of hydrogen-bond acceptors (Lipinski definition) is 9. The standard InChI is InChI=1S/C22H24F6N5O5PS/c1-19(9-22(26,27)28)14(8-21(23,24)25)20(19,37-38-39(3,34)35)10-33-11-30-15-16(33)31-18(29)32-17(15)40-13-6-4-12(36-2)5-7-13/h4-7,11,14H,8-10H2,1-3H3,(H,34,35)(H2,29,31,32). The molecule has 1 fully saturated rings. The van der Waals surface area contributed by atoms with Crippen molar-refractivity contribution in [3.63, 3.8) is 0 Å². The van der Waals surface area contributed by atoms with Gasteiger partial charge in [-0.05, 0) is 24.3 Å². The Bertz CT molecular complexity index is 1430. The minimum Gasteiger partial charge on any atom is -0.497 e. The van der Waals surface area contributed by atoms with Crippen LogP contribution in [-0.2, 0) is 20.7 Å². The summed E-state index contributed by atoms with van der Waals surface area (Å²) in [5.74, 6) is -1.42. The maximum Gasteiger partial charge on any atom is 0.389 e. The Labute approximate surface area is 227 Å². The quantitative estimate of drug-likeness (QED) is 0.0974. The molecule has 40 heavy (non-hydrogen) atoms. The number of nitrogens with zero attached hydrogens (tertiary/aromatic N) is 4. The van der Waals surface area contributed by atoms with E-state index in [1.807, 2.05) is 0 Å². The molecule has 4 atom stereocenters. The summed E-state index contributed by atoms with van der Waals surface area (Å²) < 4.78 is 104. The van der Waals surface area contributed by atoms with Crippen LogP contribution < -0.4 is 10.5 Å². The summed E-state index contributed by atoms with van der Waals surface area (Å²) in [6.45, 7) is 0.970. The molecule has 1 saturated carbocycles. The predicted molar refractivity (Wildman–Crippen MR) is 130 cm³/mol. The minimum absolute atomic E-state index is 0.00202. The van der Waals surface area contributed by atoms with Gasteiger partial charge in [0.1, 0.15) is 21.9 Å². The Morgan fingerprint density at radius 1 is 1.15 bits per heavy atom. The van der Waals surface area contributed by atoms with Crippen LogP contribution in [0.4, 0.5) is 32.3 Å². The van der Waals surface area contributed by atoms with Gasteiger partial charge in [0, 0.05) is 29.3 Å². The number of aromatic nitrogens is 4. The van der Waals surface area contributed by atoms with E-state index < -0.39 is 56.3 Å². The molecule has 1 aliphatic carbocycles. The molecule has 1 aromatic carbocycles. The first kappa shape index (κ1) is 30.4. The third kappa shape index (κ3) is 6.48. The van der Waals surface area contributed by atoms with Crippen LogP contribution >= 0.6 is 19.4 Å². The average Bonchev–Trinajstić information content (AvgIpc) is 3.07. The van der Waals surface area contributed by atoms with E-state index in [-0.39, 0.29) is 22.1 Å². The van der Waals surface area contributed by atoms with Crippen molar-refractivity contribution < 1.29 is 50.1 Å². The smallest absolute Gasteiger partial charge is 0.389 e. The predicted octanol–water partition coefficient (Wildman–Crippen LogP) is 5.61. The first-order valence-corrected chi connectivity index (χ1v) is 14.3. The van der Waals surface area contributed by atoms with Gasteiger partial charge in [-0.25, -0.2) is 14.9 Å². The molecule has 0 amide bonds. The van der Waals surface area contributed by atoms with Gasteiger partial charge in [-0.2, -0.15) is 31.3 Å². The third-order valence-electron chi connectivity index (χ3n) is 6.67. The van der Waals surface area contributed by atoms with Crippen molar-refractivity contribution in [2.75, 3.05) is 19.5 Å². The zero-order valence-corrected chi connectivity index (χ0v) is 22.9. The van der Waals surface area contributed by atoms with E-state index in [9.17, 15) is 35.8 Å². The summed E-state index contributed by atoms with van der Waals surface area (Å²) >= 11 is 1.14. The number of methoxy groups -OCH3 is 1. The molecule has 1 aliphatic rings. The van der Waals surface area contributed by atoms with E-state index in [1.54, 1.807) is 24.3 Å². The van der Waals surface area contributed by atoms with E-state index in [1.165, 1.54) is 7.11 Å². The third-order valence-corrected chi connectivity index (χ3v) is 8.01. The summed E-state index contributed by atoms with van der Waals surface area (Å²) in [6, 6.07) is 6.87. The van der Waals surface area contributed by atoms with E-state index in [2.05, 4.69) is 19.6 Å². The Balaban J connectivity index is 1.76. The lowest BCUT2D eigenvalue weighted by molar-refractivity contribution is -0.285. The lowest BCUT2D eigenvalue weighted by Crippen LogP contribution is -2.31.